The van der Waals surface area contributed by atoms with Gasteiger partial charge in [0.05, 0.1) is 0 Å². The van der Waals surface area contributed by atoms with Crippen molar-refractivity contribution < 1.29 is 0 Å². The molecule has 1 N–H and O–H groups in total. The molecule has 90 valence electrons. The number of nitrogens with one attached hydrogen (secondary N) is 1. The molecule has 2 nitrogen and oxygen atoms in total. The summed E-state index contributed by atoms with van der Waals surface area (Å²) < 4.78 is 0. The van der Waals surface area contributed by atoms with E-state index in [1.807, 2.05) is 18.5 Å². The summed E-state index contributed by atoms with van der Waals surface area (Å²) in [7, 11) is 0. The molecule has 1 unspecified atom stereocenters. The Morgan fingerprint density at radius 3 is 2.69 bits per heavy atom. The average molecular weight is 220 g/mol. The molecule has 0 aliphatic carbocycles. The van der Waals surface area contributed by atoms with E-state index in [2.05, 4.69) is 44.1 Å². The fourth-order valence-corrected chi connectivity index (χ4v) is 1.55. The zero-order valence-corrected chi connectivity index (χ0v) is 11.0. The molecule has 2 heteroatoms. The van der Waals surface area contributed by atoms with E-state index < -0.39 is 0 Å². The molecule has 1 rings (SSSR count). The third-order valence-corrected chi connectivity index (χ3v) is 2.70. The van der Waals surface area contributed by atoms with E-state index in [4.69, 9.17) is 0 Å². The molecule has 1 atom stereocenters. The van der Waals surface area contributed by atoms with Crippen molar-refractivity contribution in [2.24, 2.45) is 5.41 Å². The molecule has 16 heavy (non-hydrogen) atoms. The van der Waals surface area contributed by atoms with Crippen LogP contribution in [0.25, 0.3) is 0 Å². The molecule has 0 saturated heterocycles. The first kappa shape index (κ1) is 13.2. The minimum Gasteiger partial charge on any atom is -0.310 e. The normalized spacial score (nSPS) is 13.8. The van der Waals surface area contributed by atoms with Crippen LogP contribution in [0, 0.1) is 5.41 Å². The van der Waals surface area contributed by atoms with Gasteiger partial charge >= 0.3 is 0 Å². The average Bonchev–Trinajstić information content (AvgIpc) is 2.24. The maximum atomic E-state index is 4.11. The van der Waals surface area contributed by atoms with Crippen LogP contribution in [0.15, 0.2) is 24.5 Å². The molecular weight excluding hydrogens is 196 g/mol. The molecule has 0 amide bonds. The molecule has 0 aliphatic heterocycles. The third kappa shape index (κ3) is 5.86. The summed E-state index contributed by atoms with van der Waals surface area (Å²) >= 11 is 0. The summed E-state index contributed by atoms with van der Waals surface area (Å²) in [4.78, 5) is 4.11. The minimum atomic E-state index is 0.435. The van der Waals surface area contributed by atoms with Crippen LogP contribution in [-0.4, -0.2) is 11.0 Å². The van der Waals surface area contributed by atoms with Crippen molar-refractivity contribution in [2.75, 3.05) is 0 Å². The third-order valence-electron chi connectivity index (χ3n) is 2.70. The molecule has 0 bridgehead atoms. The summed E-state index contributed by atoms with van der Waals surface area (Å²) in [5, 5.41) is 3.53. The molecule has 1 aromatic rings. The Morgan fingerprint density at radius 2 is 2.12 bits per heavy atom. The summed E-state index contributed by atoms with van der Waals surface area (Å²) in [6.07, 6.45) is 6.22. The van der Waals surface area contributed by atoms with Gasteiger partial charge in [-0.3, -0.25) is 4.98 Å². The Kier molecular flexibility index (Phi) is 4.94. The van der Waals surface area contributed by atoms with Crippen molar-refractivity contribution >= 4 is 0 Å². The van der Waals surface area contributed by atoms with E-state index in [-0.39, 0.29) is 0 Å². The first-order valence-electron chi connectivity index (χ1n) is 6.10. The molecule has 0 radical (unpaired) electrons. The van der Waals surface area contributed by atoms with Gasteiger partial charge in [-0.05, 0) is 36.8 Å². The van der Waals surface area contributed by atoms with Gasteiger partial charge in [0.1, 0.15) is 0 Å². The molecule has 0 aliphatic rings. The number of hydrogen-bond acceptors (Lipinski definition) is 2. The zero-order chi connectivity index (χ0) is 12.0. The van der Waals surface area contributed by atoms with E-state index in [1.165, 1.54) is 18.4 Å². The van der Waals surface area contributed by atoms with Crippen LogP contribution in [0.4, 0.5) is 0 Å². The van der Waals surface area contributed by atoms with Gasteiger partial charge in [0.25, 0.3) is 0 Å². The second-order valence-corrected chi connectivity index (χ2v) is 5.74. The van der Waals surface area contributed by atoms with Crippen LogP contribution in [-0.2, 0) is 6.54 Å². The molecule has 0 spiro atoms. The van der Waals surface area contributed by atoms with Crippen molar-refractivity contribution in [1.29, 1.82) is 0 Å². The van der Waals surface area contributed by atoms with Gasteiger partial charge in [-0.25, -0.2) is 0 Å². The van der Waals surface area contributed by atoms with E-state index in [1.54, 1.807) is 0 Å². The highest BCUT2D eigenvalue weighted by molar-refractivity contribution is 5.07. The summed E-state index contributed by atoms with van der Waals surface area (Å²) in [5.41, 5.74) is 1.69. The molecule has 0 aromatic carbocycles. The van der Waals surface area contributed by atoms with Crippen LogP contribution in [0.1, 0.15) is 46.1 Å². The highest BCUT2D eigenvalue weighted by atomic mass is 14.9. The molecule has 1 heterocycles. The fourth-order valence-electron chi connectivity index (χ4n) is 1.55. The monoisotopic (exact) mass is 220 g/mol. The van der Waals surface area contributed by atoms with Gasteiger partial charge in [0.15, 0.2) is 0 Å². The largest absolute Gasteiger partial charge is 0.310 e. The van der Waals surface area contributed by atoms with Crippen LogP contribution in [0.3, 0.4) is 0 Å². The minimum absolute atomic E-state index is 0.435. The van der Waals surface area contributed by atoms with Crippen molar-refractivity contribution in [3.8, 4) is 0 Å². The lowest BCUT2D eigenvalue weighted by atomic mass is 9.89. The standard InChI is InChI=1S/C14H24N2/c1-12(7-8-14(2,3)4)16-11-13-6-5-9-15-10-13/h5-6,9-10,12,16H,7-8,11H2,1-4H3. The van der Waals surface area contributed by atoms with Crippen molar-refractivity contribution in [2.45, 2.75) is 53.1 Å². The van der Waals surface area contributed by atoms with Crippen molar-refractivity contribution in [1.82, 2.24) is 10.3 Å². The number of rotatable bonds is 5. The molecule has 0 saturated carbocycles. The van der Waals surface area contributed by atoms with E-state index >= 15 is 0 Å². The van der Waals surface area contributed by atoms with Crippen LogP contribution in [0.2, 0.25) is 0 Å². The van der Waals surface area contributed by atoms with Crippen LogP contribution in [0.5, 0.6) is 0 Å². The highest BCUT2D eigenvalue weighted by Crippen LogP contribution is 2.21. The zero-order valence-electron chi connectivity index (χ0n) is 11.0. The Balaban J connectivity index is 2.23. The van der Waals surface area contributed by atoms with E-state index in [0.717, 1.165) is 6.54 Å². The van der Waals surface area contributed by atoms with Crippen molar-refractivity contribution in [3.05, 3.63) is 30.1 Å². The molecular formula is C14H24N2. The number of pyridine rings is 1. The summed E-state index contributed by atoms with van der Waals surface area (Å²) in [5.74, 6) is 0. The Bertz CT molecular complexity index is 287. The lowest BCUT2D eigenvalue weighted by molar-refractivity contribution is 0.336. The topological polar surface area (TPSA) is 24.9 Å². The summed E-state index contributed by atoms with van der Waals surface area (Å²) in [6.45, 7) is 10.0. The maximum absolute atomic E-state index is 4.11. The van der Waals surface area contributed by atoms with Gasteiger partial charge in [0.2, 0.25) is 0 Å². The Morgan fingerprint density at radius 1 is 1.38 bits per heavy atom. The summed E-state index contributed by atoms with van der Waals surface area (Å²) in [6, 6.07) is 4.66. The second kappa shape index (κ2) is 6.00. The predicted molar refractivity (Wildman–Crippen MR) is 69.2 cm³/mol. The SMILES string of the molecule is CC(CCC(C)(C)C)NCc1cccnc1. The lowest BCUT2D eigenvalue weighted by Gasteiger charge is -2.21. The van der Waals surface area contributed by atoms with Crippen LogP contribution >= 0.6 is 0 Å². The van der Waals surface area contributed by atoms with Crippen LogP contribution < -0.4 is 5.32 Å². The van der Waals surface area contributed by atoms with Gasteiger partial charge in [0, 0.05) is 25.0 Å². The molecule has 1 aromatic heterocycles. The Labute approximate surface area is 99.5 Å². The van der Waals surface area contributed by atoms with E-state index in [0.29, 0.717) is 11.5 Å². The molecule has 0 fully saturated rings. The van der Waals surface area contributed by atoms with Crippen molar-refractivity contribution in [3.63, 3.8) is 0 Å². The van der Waals surface area contributed by atoms with E-state index in [9.17, 15) is 0 Å². The predicted octanol–water partition coefficient (Wildman–Crippen LogP) is 3.39. The second-order valence-electron chi connectivity index (χ2n) is 5.74. The van der Waals surface area contributed by atoms with Gasteiger partial charge in [-0.1, -0.05) is 26.8 Å². The Hall–Kier alpha value is -0.890. The fraction of sp³-hybridized carbons (Fsp3) is 0.643. The number of hydrogen-bond donors (Lipinski definition) is 1. The van der Waals surface area contributed by atoms with Gasteiger partial charge in [-0.2, -0.15) is 0 Å². The highest BCUT2D eigenvalue weighted by Gasteiger charge is 2.12. The number of aromatic nitrogens is 1. The van der Waals surface area contributed by atoms with Gasteiger partial charge in [-0.15, -0.1) is 0 Å². The smallest absolute Gasteiger partial charge is 0.0312 e. The lowest BCUT2D eigenvalue weighted by Crippen LogP contribution is -2.26. The first-order valence-corrected chi connectivity index (χ1v) is 6.10. The van der Waals surface area contributed by atoms with Gasteiger partial charge < -0.3 is 5.32 Å². The first-order chi connectivity index (χ1) is 7.47. The quantitative estimate of drug-likeness (QED) is 0.822. The maximum Gasteiger partial charge on any atom is 0.0312 e. The number of nitrogens with zero attached hydrogens (tertiary/aromatic N) is 1.